The lowest BCUT2D eigenvalue weighted by Crippen LogP contribution is -1.91. The van der Waals surface area contributed by atoms with E-state index in [1.807, 2.05) is 0 Å². The molecule has 0 saturated heterocycles. The highest BCUT2D eigenvalue weighted by molar-refractivity contribution is 9.10. The van der Waals surface area contributed by atoms with Gasteiger partial charge in [-0.3, -0.25) is 0 Å². The summed E-state index contributed by atoms with van der Waals surface area (Å²) in [5, 5.41) is 0. The largest absolute Gasteiger partial charge is 0.206 e. The number of halogens is 4. The molecule has 2 aromatic rings. The molecule has 1 radical (unpaired) electrons. The van der Waals surface area contributed by atoms with Gasteiger partial charge in [-0.15, -0.1) is 0 Å². The fourth-order valence-electron chi connectivity index (χ4n) is 1.35. The smallest absolute Gasteiger partial charge is 0.161 e. The van der Waals surface area contributed by atoms with Gasteiger partial charge in [0.15, 0.2) is 11.6 Å². The van der Waals surface area contributed by atoms with Gasteiger partial charge in [-0.2, -0.15) is 0 Å². The van der Waals surface area contributed by atoms with Gasteiger partial charge in [-0.1, -0.05) is 18.2 Å². The summed E-state index contributed by atoms with van der Waals surface area (Å²) in [6.45, 7) is 0. The second kappa shape index (κ2) is 4.29. The third kappa shape index (κ3) is 1.97. The summed E-state index contributed by atoms with van der Waals surface area (Å²) in [5.41, 5.74) is 0.432. The van der Waals surface area contributed by atoms with Crippen LogP contribution in [0.3, 0.4) is 0 Å². The summed E-state index contributed by atoms with van der Waals surface area (Å²) < 4.78 is 39.7. The third-order valence-electron chi connectivity index (χ3n) is 2.11. The van der Waals surface area contributed by atoms with Gasteiger partial charge in [-0.25, -0.2) is 13.2 Å². The van der Waals surface area contributed by atoms with Gasteiger partial charge < -0.3 is 0 Å². The predicted molar refractivity (Wildman–Crippen MR) is 58.3 cm³/mol. The lowest BCUT2D eigenvalue weighted by atomic mass is 10.1. The molecule has 0 N–H and O–H groups in total. The molecule has 0 atom stereocenters. The van der Waals surface area contributed by atoms with Crippen molar-refractivity contribution in [3.63, 3.8) is 0 Å². The maximum absolute atomic E-state index is 13.5. The SMILES string of the molecule is Fc1cc(F)c(-c2ccc[c]c2Br)cc1F. The summed E-state index contributed by atoms with van der Waals surface area (Å²) in [6, 6.07) is 9.02. The second-order valence-corrected chi connectivity index (χ2v) is 3.94. The Morgan fingerprint density at radius 1 is 0.938 bits per heavy atom. The van der Waals surface area contributed by atoms with Crippen LogP contribution in [0, 0.1) is 23.5 Å². The van der Waals surface area contributed by atoms with Crippen LogP contribution >= 0.6 is 15.9 Å². The first-order chi connectivity index (χ1) is 7.59. The van der Waals surface area contributed by atoms with E-state index >= 15 is 0 Å². The molecule has 0 spiro atoms. The van der Waals surface area contributed by atoms with Crippen molar-refractivity contribution in [1.82, 2.24) is 0 Å². The van der Waals surface area contributed by atoms with Gasteiger partial charge in [0.25, 0.3) is 0 Å². The van der Waals surface area contributed by atoms with E-state index in [0.29, 0.717) is 16.1 Å². The minimum absolute atomic E-state index is 0.00243. The molecule has 0 aliphatic heterocycles. The van der Waals surface area contributed by atoms with Crippen molar-refractivity contribution in [3.8, 4) is 11.1 Å². The molecule has 2 rings (SSSR count). The van der Waals surface area contributed by atoms with Gasteiger partial charge in [0.05, 0.1) is 0 Å². The van der Waals surface area contributed by atoms with E-state index in [2.05, 4.69) is 22.0 Å². The van der Waals surface area contributed by atoms with E-state index in [1.165, 1.54) is 0 Å². The number of hydrogen-bond acceptors (Lipinski definition) is 0. The lowest BCUT2D eigenvalue weighted by molar-refractivity contribution is 0.496. The first kappa shape index (κ1) is 11.2. The Morgan fingerprint density at radius 2 is 1.62 bits per heavy atom. The van der Waals surface area contributed by atoms with Gasteiger partial charge >= 0.3 is 0 Å². The maximum atomic E-state index is 13.5. The number of hydrogen-bond donors (Lipinski definition) is 0. The summed E-state index contributed by atoms with van der Waals surface area (Å²) in [6.07, 6.45) is 0. The van der Waals surface area contributed by atoms with Crippen molar-refractivity contribution in [2.75, 3.05) is 0 Å². The summed E-state index contributed by atoms with van der Waals surface area (Å²) in [5.74, 6) is -3.08. The van der Waals surface area contributed by atoms with Crippen LogP contribution < -0.4 is 0 Å². The summed E-state index contributed by atoms with van der Waals surface area (Å²) in [7, 11) is 0. The van der Waals surface area contributed by atoms with Gasteiger partial charge in [-0.05, 0) is 33.6 Å². The van der Waals surface area contributed by atoms with Crippen molar-refractivity contribution in [3.05, 3.63) is 58.3 Å². The average Bonchev–Trinajstić information content (AvgIpc) is 2.25. The van der Waals surface area contributed by atoms with Crippen molar-refractivity contribution >= 4 is 15.9 Å². The number of benzene rings is 2. The molecule has 0 heterocycles. The molecule has 0 aromatic heterocycles. The third-order valence-corrected chi connectivity index (χ3v) is 2.76. The van der Waals surface area contributed by atoms with E-state index in [1.54, 1.807) is 18.2 Å². The molecule has 4 heteroatoms. The van der Waals surface area contributed by atoms with Crippen LogP contribution in [0.5, 0.6) is 0 Å². The van der Waals surface area contributed by atoms with Crippen LogP contribution in [0.2, 0.25) is 0 Å². The van der Waals surface area contributed by atoms with Crippen molar-refractivity contribution in [2.24, 2.45) is 0 Å². The molecule has 2 aromatic carbocycles. The van der Waals surface area contributed by atoms with Crippen molar-refractivity contribution < 1.29 is 13.2 Å². The summed E-state index contributed by atoms with van der Waals surface area (Å²) in [4.78, 5) is 0. The highest BCUT2D eigenvalue weighted by Crippen LogP contribution is 2.30. The minimum Gasteiger partial charge on any atom is -0.206 e. The Morgan fingerprint density at radius 3 is 2.31 bits per heavy atom. The molecular weight excluding hydrogens is 281 g/mol. The Hall–Kier alpha value is -1.29. The molecule has 0 aliphatic rings. The van der Waals surface area contributed by atoms with E-state index in [0.717, 1.165) is 6.07 Å². The molecule has 0 amide bonds. The van der Waals surface area contributed by atoms with Crippen LogP contribution in [0.4, 0.5) is 13.2 Å². The molecule has 0 aliphatic carbocycles. The van der Waals surface area contributed by atoms with Crippen LogP contribution in [-0.2, 0) is 0 Å². The topological polar surface area (TPSA) is 0 Å². The summed E-state index contributed by atoms with van der Waals surface area (Å²) >= 11 is 3.17. The highest BCUT2D eigenvalue weighted by Gasteiger charge is 2.13. The average molecular weight is 286 g/mol. The molecule has 81 valence electrons. The van der Waals surface area contributed by atoms with Crippen LogP contribution in [-0.4, -0.2) is 0 Å². The van der Waals surface area contributed by atoms with E-state index in [9.17, 15) is 13.2 Å². The Kier molecular flexibility index (Phi) is 3.01. The van der Waals surface area contributed by atoms with Gasteiger partial charge in [0.2, 0.25) is 0 Å². The number of rotatable bonds is 1. The predicted octanol–water partition coefficient (Wildman–Crippen LogP) is 4.33. The Labute approximate surface area is 98.9 Å². The Balaban J connectivity index is 2.65. The first-order valence-electron chi connectivity index (χ1n) is 4.40. The normalized spacial score (nSPS) is 10.5. The van der Waals surface area contributed by atoms with E-state index < -0.39 is 17.5 Å². The zero-order valence-electron chi connectivity index (χ0n) is 7.90. The molecule has 0 saturated carbocycles. The molecule has 16 heavy (non-hydrogen) atoms. The van der Waals surface area contributed by atoms with Crippen LogP contribution in [0.1, 0.15) is 0 Å². The fraction of sp³-hybridized carbons (Fsp3) is 0. The van der Waals surface area contributed by atoms with Crippen molar-refractivity contribution in [1.29, 1.82) is 0 Å². The molecular formula is C12H5BrF3. The standard InChI is InChI=1S/C12H5BrF3/c13-9-4-2-1-3-7(9)8-5-11(15)12(16)6-10(8)14/h1-3,5-6H. The van der Waals surface area contributed by atoms with Crippen LogP contribution in [0.15, 0.2) is 34.8 Å². The van der Waals surface area contributed by atoms with E-state index in [4.69, 9.17) is 0 Å². The molecule has 0 unspecified atom stereocenters. The lowest BCUT2D eigenvalue weighted by Gasteiger charge is -2.06. The monoisotopic (exact) mass is 285 g/mol. The minimum atomic E-state index is -1.20. The first-order valence-corrected chi connectivity index (χ1v) is 5.20. The van der Waals surface area contributed by atoms with Gasteiger partial charge in [0, 0.05) is 16.1 Å². The van der Waals surface area contributed by atoms with Crippen molar-refractivity contribution in [2.45, 2.75) is 0 Å². The highest BCUT2D eigenvalue weighted by atomic mass is 79.9. The fourth-order valence-corrected chi connectivity index (χ4v) is 1.83. The second-order valence-electron chi connectivity index (χ2n) is 3.14. The Bertz CT molecular complexity index is 538. The van der Waals surface area contributed by atoms with Gasteiger partial charge in [0.1, 0.15) is 5.82 Å². The zero-order chi connectivity index (χ0) is 11.7. The quantitative estimate of drug-likeness (QED) is 0.684. The zero-order valence-corrected chi connectivity index (χ0v) is 9.48. The molecule has 0 nitrogen and oxygen atoms in total. The van der Waals surface area contributed by atoms with E-state index in [-0.39, 0.29) is 5.56 Å². The molecule has 0 bridgehead atoms. The molecule has 0 fully saturated rings. The maximum Gasteiger partial charge on any atom is 0.161 e. The van der Waals surface area contributed by atoms with Crippen LogP contribution in [0.25, 0.3) is 11.1 Å².